The van der Waals surface area contributed by atoms with E-state index in [4.69, 9.17) is 5.11 Å². The Bertz CT molecular complexity index is 427. The van der Waals surface area contributed by atoms with Crippen molar-refractivity contribution >= 4 is 11.8 Å². The zero-order valence-corrected chi connectivity index (χ0v) is 7.65. The fourth-order valence-corrected chi connectivity index (χ4v) is 1.02. The van der Waals surface area contributed by atoms with E-state index in [1.165, 1.54) is 0 Å². The Kier molecular flexibility index (Phi) is 2.89. The van der Waals surface area contributed by atoms with Gasteiger partial charge in [0, 0.05) is 6.07 Å². The Labute approximate surface area is 83.7 Å². The summed E-state index contributed by atoms with van der Waals surface area (Å²) in [7, 11) is 1.16. The first-order valence-electron chi connectivity index (χ1n) is 3.81. The van der Waals surface area contributed by atoms with Crippen molar-refractivity contribution in [2.75, 3.05) is 7.11 Å². The number of phenolic OH excluding ortho intramolecular Hbond substituents is 1. The number of carboxylic acid groups (broad SMARTS) is 1. The summed E-state index contributed by atoms with van der Waals surface area (Å²) in [6.45, 7) is 0. The summed E-state index contributed by atoms with van der Waals surface area (Å²) in [6, 6.07) is 1.47. The highest BCUT2D eigenvalue weighted by Crippen LogP contribution is 2.31. The van der Waals surface area contributed by atoms with Crippen molar-refractivity contribution in [1.29, 1.82) is 0 Å². The number of halogens is 1. The predicted octanol–water partition coefficient (Wildman–Crippen LogP) is 0.807. The fourth-order valence-electron chi connectivity index (χ4n) is 1.02. The second kappa shape index (κ2) is 3.95. The number of hydrogen-bond acceptors (Lipinski definition) is 4. The number of aromatic hydroxyl groups is 1. The lowest BCUT2D eigenvalue weighted by Gasteiger charge is -2.06. The van der Waals surface area contributed by atoms with E-state index in [2.05, 4.69) is 4.74 Å². The number of aliphatic carboxylic acids is 1. The van der Waals surface area contributed by atoms with Crippen LogP contribution in [0, 0.1) is 5.82 Å². The first-order chi connectivity index (χ1) is 6.97. The molecule has 15 heavy (non-hydrogen) atoms. The molecule has 1 aromatic carbocycles. The number of ketones is 1. The number of Topliss-reactive ketones (excluding diaryl/α,β-unsaturated/α-hetero) is 1. The summed E-state index contributed by atoms with van der Waals surface area (Å²) in [5.74, 6) is -5.02. The maximum atomic E-state index is 12.9. The standard InChI is InChI=1S/C9H7FO5/c1-15-6-3-4(10)2-5(7(6)11)8(12)9(13)14/h2-3,11H,1H3,(H,13,14). The van der Waals surface area contributed by atoms with Crippen molar-refractivity contribution in [2.24, 2.45) is 0 Å². The lowest BCUT2D eigenvalue weighted by Crippen LogP contribution is -2.13. The van der Waals surface area contributed by atoms with E-state index in [1.54, 1.807) is 0 Å². The van der Waals surface area contributed by atoms with Crippen LogP contribution < -0.4 is 4.74 Å². The van der Waals surface area contributed by atoms with E-state index < -0.39 is 28.9 Å². The number of hydrogen-bond donors (Lipinski definition) is 2. The summed E-state index contributed by atoms with van der Waals surface area (Å²) in [5.41, 5.74) is -0.639. The highest BCUT2D eigenvalue weighted by molar-refractivity contribution is 6.40. The molecule has 80 valence electrons. The zero-order valence-electron chi connectivity index (χ0n) is 7.65. The monoisotopic (exact) mass is 214 g/mol. The normalized spacial score (nSPS) is 9.73. The van der Waals surface area contributed by atoms with Crippen molar-refractivity contribution in [1.82, 2.24) is 0 Å². The van der Waals surface area contributed by atoms with Gasteiger partial charge in [-0.2, -0.15) is 0 Å². The molecule has 1 rings (SSSR count). The van der Waals surface area contributed by atoms with Gasteiger partial charge in [0.15, 0.2) is 11.5 Å². The van der Waals surface area contributed by atoms with Crippen LogP contribution in [0.25, 0.3) is 0 Å². The van der Waals surface area contributed by atoms with Gasteiger partial charge in [0.2, 0.25) is 0 Å². The molecule has 0 atom stereocenters. The molecule has 0 aliphatic carbocycles. The average molecular weight is 214 g/mol. The summed E-state index contributed by atoms with van der Waals surface area (Å²) in [5, 5.41) is 17.7. The number of methoxy groups -OCH3 is 1. The first-order valence-corrected chi connectivity index (χ1v) is 3.81. The molecule has 2 N–H and O–H groups in total. The Morgan fingerprint density at radius 3 is 2.47 bits per heavy atom. The topological polar surface area (TPSA) is 83.8 Å². The summed E-state index contributed by atoms with van der Waals surface area (Å²) < 4.78 is 17.4. The van der Waals surface area contributed by atoms with Gasteiger partial charge >= 0.3 is 5.97 Å². The van der Waals surface area contributed by atoms with Crippen LogP contribution in [-0.2, 0) is 4.79 Å². The second-order valence-corrected chi connectivity index (χ2v) is 2.64. The molecule has 5 nitrogen and oxygen atoms in total. The highest BCUT2D eigenvalue weighted by atomic mass is 19.1. The largest absolute Gasteiger partial charge is 0.504 e. The zero-order chi connectivity index (χ0) is 11.6. The lowest BCUT2D eigenvalue weighted by molar-refractivity contribution is -0.131. The maximum absolute atomic E-state index is 12.9. The molecule has 0 aliphatic heterocycles. The third-order valence-electron chi connectivity index (χ3n) is 1.70. The molecule has 0 heterocycles. The molecule has 0 fully saturated rings. The van der Waals surface area contributed by atoms with Crippen LogP contribution in [-0.4, -0.2) is 29.1 Å². The van der Waals surface area contributed by atoms with E-state index in [1.807, 2.05) is 0 Å². The van der Waals surface area contributed by atoms with Crippen molar-refractivity contribution in [3.05, 3.63) is 23.5 Å². The van der Waals surface area contributed by atoms with Crippen LogP contribution in [0.1, 0.15) is 10.4 Å². The molecule has 0 spiro atoms. The maximum Gasteiger partial charge on any atom is 0.377 e. The third-order valence-corrected chi connectivity index (χ3v) is 1.70. The molecule has 0 aliphatic rings. The smallest absolute Gasteiger partial charge is 0.377 e. The van der Waals surface area contributed by atoms with Gasteiger partial charge in [-0.3, -0.25) is 4.79 Å². The Balaban J connectivity index is 3.35. The van der Waals surface area contributed by atoms with Gasteiger partial charge in [-0.05, 0) is 6.07 Å². The molecule has 0 radical (unpaired) electrons. The van der Waals surface area contributed by atoms with Gasteiger partial charge in [-0.15, -0.1) is 0 Å². The average Bonchev–Trinajstić information content (AvgIpc) is 2.19. The Morgan fingerprint density at radius 1 is 1.40 bits per heavy atom. The van der Waals surface area contributed by atoms with E-state index in [0.717, 1.165) is 13.2 Å². The van der Waals surface area contributed by atoms with E-state index in [9.17, 15) is 19.1 Å². The third kappa shape index (κ3) is 2.04. The van der Waals surface area contributed by atoms with Crippen LogP contribution >= 0.6 is 0 Å². The number of carbonyl (C=O) groups is 2. The molecule has 0 unspecified atom stereocenters. The molecular formula is C9H7FO5. The number of ether oxygens (including phenoxy) is 1. The molecule has 6 heteroatoms. The number of phenols is 1. The molecule has 1 aromatic rings. The Morgan fingerprint density at radius 2 is 2.00 bits per heavy atom. The molecule has 0 amide bonds. The minimum absolute atomic E-state index is 0.292. The number of carboxylic acids is 1. The first kappa shape index (κ1) is 11.0. The minimum atomic E-state index is -1.78. The van der Waals surface area contributed by atoms with Crippen LogP contribution in [0.15, 0.2) is 12.1 Å². The van der Waals surface area contributed by atoms with E-state index >= 15 is 0 Å². The number of carbonyl (C=O) groups excluding carboxylic acids is 1. The molecule has 0 aromatic heterocycles. The highest BCUT2D eigenvalue weighted by Gasteiger charge is 2.22. The van der Waals surface area contributed by atoms with E-state index in [0.29, 0.717) is 6.07 Å². The van der Waals surface area contributed by atoms with Crippen LogP contribution in [0.3, 0.4) is 0 Å². The van der Waals surface area contributed by atoms with E-state index in [-0.39, 0.29) is 5.75 Å². The van der Waals surface area contributed by atoms with Crippen LogP contribution in [0.5, 0.6) is 11.5 Å². The van der Waals surface area contributed by atoms with Gasteiger partial charge in [-0.1, -0.05) is 0 Å². The molecular weight excluding hydrogens is 207 g/mol. The lowest BCUT2D eigenvalue weighted by atomic mass is 10.1. The number of benzene rings is 1. The second-order valence-electron chi connectivity index (χ2n) is 2.64. The SMILES string of the molecule is COc1cc(F)cc(C(=O)C(=O)O)c1O. The Hall–Kier alpha value is -2.11. The minimum Gasteiger partial charge on any atom is -0.504 e. The summed E-state index contributed by atoms with van der Waals surface area (Å²) in [6.07, 6.45) is 0. The number of rotatable bonds is 3. The quantitative estimate of drug-likeness (QED) is 0.574. The predicted molar refractivity (Wildman–Crippen MR) is 46.6 cm³/mol. The van der Waals surface area contributed by atoms with Gasteiger partial charge in [0.05, 0.1) is 12.7 Å². The van der Waals surface area contributed by atoms with Crippen LogP contribution in [0.2, 0.25) is 0 Å². The van der Waals surface area contributed by atoms with Crippen molar-refractivity contribution in [3.8, 4) is 11.5 Å². The van der Waals surface area contributed by atoms with Crippen LogP contribution in [0.4, 0.5) is 4.39 Å². The molecule has 0 saturated carbocycles. The van der Waals surface area contributed by atoms with Gasteiger partial charge in [0.1, 0.15) is 5.82 Å². The van der Waals surface area contributed by atoms with Gasteiger partial charge in [0.25, 0.3) is 5.78 Å². The fraction of sp³-hybridized carbons (Fsp3) is 0.111. The molecule has 0 bridgehead atoms. The van der Waals surface area contributed by atoms with Crippen molar-refractivity contribution < 1.29 is 28.9 Å². The van der Waals surface area contributed by atoms with Gasteiger partial charge < -0.3 is 14.9 Å². The summed E-state index contributed by atoms with van der Waals surface area (Å²) >= 11 is 0. The molecule has 0 saturated heterocycles. The van der Waals surface area contributed by atoms with Crippen molar-refractivity contribution in [3.63, 3.8) is 0 Å². The van der Waals surface area contributed by atoms with Gasteiger partial charge in [-0.25, -0.2) is 9.18 Å². The summed E-state index contributed by atoms with van der Waals surface area (Å²) in [4.78, 5) is 21.3. The van der Waals surface area contributed by atoms with Crippen molar-refractivity contribution in [2.45, 2.75) is 0 Å².